The van der Waals surface area contributed by atoms with E-state index in [0.29, 0.717) is 13.2 Å². The molecule has 6 heteroatoms. The topological polar surface area (TPSA) is 57.1 Å². The van der Waals surface area contributed by atoms with E-state index in [9.17, 15) is 4.91 Å². The Morgan fingerprint density at radius 1 is 1.11 bits per heavy atom. The zero-order valence-electron chi connectivity index (χ0n) is 21.6. The number of rotatable bonds is 9. The van der Waals surface area contributed by atoms with Crippen molar-refractivity contribution in [2.24, 2.45) is 4.58 Å². The lowest BCUT2D eigenvalue weighted by Gasteiger charge is -2.38. The molecule has 36 heavy (non-hydrogen) atoms. The highest BCUT2D eigenvalue weighted by molar-refractivity contribution is 8.01. The van der Waals surface area contributed by atoms with Crippen LogP contribution in [0.1, 0.15) is 48.1 Å². The van der Waals surface area contributed by atoms with Gasteiger partial charge in [0.25, 0.3) is 0 Å². The van der Waals surface area contributed by atoms with Gasteiger partial charge in [0.2, 0.25) is 0 Å². The molecule has 0 bridgehead atoms. The lowest BCUT2D eigenvalue weighted by molar-refractivity contribution is 0.0171. The van der Waals surface area contributed by atoms with Crippen LogP contribution in [0.3, 0.4) is 0 Å². The molecule has 1 atom stereocenters. The number of ether oxygens (including phenoxy) is 3. The van der Waals surface area contributed by atoms with Crippen LogP contribution in [0.25, 0.3) is 16.8 Å². The molecule has 3 aromatic carbocycles. The van der Waals surface area contributed by atoms with Crippen molar-refractivity contribution in [3.05, 3.63) is 86.7 Å². The third kappa shape index (κ3) is 5.14. The van der Waals surface area contributed by atoms with Gasteiger partial charge < -0.3 is 14.2 Å². The predicted molar refractivity (Wildman–Crippen MR) is 150 cm³/mol. The van der Waals surface area contributed by atoms with Gasteiger partial charge in [-0.05, 0) is 87.2 Å². The van der Waals surface area contributed by atoms with Crippen LogP contribution in [0, 0.1) is 25.7 Å². The molecule has 0 aliphatic carbocycles. The molecular formula is C30H33NO4S. The zero-order valence-corrected chi connectivity index (χ0v) is 22.5. The first-order chi connectivity index (χ1) is 17.3. The molecule has 188 valence electrons. The van der Waals surface area contributed by atoms with E-state index in [-0.39, 0.29) is 0 Å². The van der Waals surface area contributed by atoms with Crippen LogP contribution in [0.2, 0.25) is 0 Å². The van der Waals surface area contributed by atoms with Gasteiger partial charge in [-0.3, -0.25) is 0 Å². The van der Waals surface area contributed by atoms with Crippen molar-refractivity contribution in [1.82, 2.24) is 0 Å². The maximum Gasteiger partial charge on any atom is 0.140 e. The first-order valence-electron chi connectivity index (χ1n) is 12.2. The van der Waals surface area contributed by atoms with Crippen molar-refractivity contribution in [3.63, 3.8) is 0 Å². The van der Waals surface area contributed by atoms with E-state index < -0.39 is 5.60 Å². The monoisotopic (exact) mass is 503 g/mol. The second kappa shape index (κ2) is 10.8. The fourth-order valence-corrected chi connectivity index (χ4v) is 5.12. The summed E-state index contributed by atoms with van der Waals surface area (Å²) < 4.78 is 22.0. The number of nitroso groups, excluding NO2 is 1. The van der Waals surface area contributed by atoms with Crippen molar-refractivity contribution in [3.8, 4) is 17.2 Å². The molecule has 1 aliphatic heterocycles. The van der Waals surface area contributed by atoms with Gasteiger partial charge in [0.1, 0.15) is 36.1 Å². The molecule has 0 saturated carbocycles. The Morgan fingerprint density at radius 2 is 1.86 bits per heavy atom. The zero-order chi connectivity index (χ0) is 25.9. The molecule has 3 aromatic rings. The molecular weight excluding hydrogens is 470 g/mol. The van der Waals surface area contributed by atoms with Crippen molar-refractivity contribution < 1.29 is 14.2 Å². The second-order valence-electron chi connectivity index (χ2n) is 9.57. The Morgan fingerprint density at radius 3 is 2.58 bits per heavy atom. The van der Waals surface area contributed by atoms with E-state index in [4.69, 9.17) is 14.2 Å². The highest BCUT2D eigenvalue weighted by Crippen LogP contribution is 2.44. The third-order valence-corrected chi connectivity index (χ3v) is 7.38. The highest BCUT2D eigenvalue weighted by atomic mass is 32.2. The summed E-state index contributed by atoms with van der Waals surface area (Å²) in [6.45, 7) is 15.0. The fourth-order valence-electron chi connectivity index (χ4n) is 4.82. The Kier molecular flexibility index (Phi) is 7.74. The van der Waals surface area contributed by atoms with Gasteiger partial charge in [-0.1, -0.05) is 43.0 Å². The van der Waals surface area contributed by atoms with Gasteiger partial charge in [-0.15, -0.1) is 4.91 Å². The number of nitrogens with zero attached hydrogens (tertiary/aromatic N) is 1. The average molecular weight is 504 g/mol. The standard InChI is InChI=1S/C30H33NO4S/c1-7-16-33-28-20(3)21(4)29-24(22(28)5)14-15-30(6,35-29)18-34-27-13-12-23(17-19(2)36-31-32)25-10-8-9-11-26(25)27/h7-13,17H,1,14-16,18H2,2-6H3/b19-17-. The number of benzene rings is 3. The van der Waals surface area contributed by atoms with Crippen LogP contribution < -0.4 is 14.2 Å². The van der Waals surface area contributed by atoms with Crippen LogP contribution in [0.4, 0.5) is 0 Å². The summed E-state index contributed by atoms with van der Waals surface area (Å²) in [5, 5.41) is 2.09. The van der Waals surface area contributed by atoms with E-state index in [2.05, 4.69) is 51.0 Å². The smallest absolute Gasteiger partial charge is 0.140 e. The third-order valence-electron chi connectivity index (χ3n) is 6.90. The number of hydrogen-bond donors (Lipinski definition) is 0. The SMILES string of the molecule is C=CCOc1c(C)c(C)c2c(c1C)CCC(C)(COc1ccc(/C=C(/C)SN=O)c3ccccc13)O2. The van der Waals surface area contributed by atoms with Crippen LogP contribution in [-0.4, -0.2) is 18.8 Å². The van der Waals surface area contributed by atoms with Crippen LogP contribution >= 0.6 is 11.9 Å². The number of hydrogen-bond acceptors (Lipinski definition) is 6. The Bertz CT molecular complexity index is 1350. The number of allylic oxidation sites excluding steroid dienone is 1. The number of fused-ring (bicyclic) bond motifs is 2. The molecule has 0 spiro atoms. The maximum atomic E-state index is 10.6. The first kappa shape index (κ1) is 25.8. The Balaban J connectivity index is 1.59. The van der Waals surface area contributed by atoms with Gasteiger partial charge >= 0.3 is 0 Å². The van der Waals surface area contributed by atoms with Gasteiger partial charge in [0.05, 0.1) is 11.9 Å². The second-order valence-corrected chi connectivity index (χ2v) is 10.5. The van der Waals surface area contributed by atoms with Gasteiger partial charge in [0.15, 0.2) is 0 Å². The van der Waals surface area contributed by atoms with Crippen molar-refractivity contribution >= 4 is 28.8 Å². The summed E-state index contributed by atoms with van der Waals surface area (Å²) in [5.41, 5.74) is 5.14. The Hall–Kier alpha value is -3.25. The van der Waals surface area contributed by atoms with Gasteiger partial charge in [0, 0.05) is 20.4 Å². The minimum atomic E-state index is -0.456. The molecule has 5 nitrogen and oxygen atoms in total. The van der Waals surface area contributed by atoms with Crippen molar-refractivity contribution in [2.45, 2.75) is 53.1 Å². The lowest BCUT2D eigenvalue weighted by atomic mass is 9.87. The molecule has 4 rings (SSSR count). The quantitative estimate of drug-likeness (QED) is 0.167. The normalized spacial score (nSPS) is 17.3. The summed E-state index contributed by atoms with van der Waals surface area (Å²) in [6, 6.07) is 12.1. The van der Waals surface area contributed by atoms with Crippen LogP contribution in [0.5, 0.6) is 17.2 Å². The van der Waals surface area contributed by atoms with E-state index in [0.717, 1.165) is 80.0 Å². The van der Waals surface area contributed by atoms with Crippen molar-refractivity contribution in [2.75, 3.05) is 13.2 Å². The molecule has 0 aromatic heterocycles. The molecule has 0 fully saturated rings. The summed E-state index contributed by atoms with van der Waals surface area (Å²) in [6.07, 6.45) is 5.49. The largest absolute Gasteiger partial charge is 0.489 e. The first-order valence-corrected chi connectivity index (χ1v) is 12.9. The van der Waals surface area contributed by atoms with E-state index in [1.165, 1.54) is 5.56 Å². The molecule has 1 heterocycles. The van der Waals surface area contributed by atoms with Gasteiger partial charge in [-0.25, -0.2) is 0 Å². The van der Waals surface area contributed by atoms with Crippen molar-refractivity contribution in [1.29, 1.82) is 0 Å². The maximum absolute atomic E-state index is 10.6. The summed E-state index contributed by atoms with van der Waals surface area (Å²) in [5.74, 6) is 2.71. The van der Waals surface area contributed by atoms with Crippen LogP contribution in [-0.2, 0) is 6.42 Å². The summed E-state index contributed by atoms with van der Waals surface area (Å²) in [4.78, 5) is 11.5. The molecule has 0 N–H and O–H groups in total. The van der Waals surface area contributed by atoms with E-state index >= 15 is 0 Å². The predicted octanol–water partition coefficient (Wildman–Crippen LogP) is 8.27. The van der Waals surface area contributed by atoms with E-state index in [1.54, 1.807) is 6.08 Å². The molecule has 0 saturated heterocycles. The Labute approximate surface area is 217 Å². The minimum Gasteiger partial charge on any atom is -0.489 e. The molecule has 0 amide bonds. The van der Waals surface area contributed by atoms with E-state index in [1.807, 2.05) is 37.3 Å². The summed E-state index contributed by atoms with van der Waals surface area (Å²) in [7, 11) is 0. The van der Waals surface area contributed by atoms with Crippen LogP contribution in [0.15, 0.2) is 58.5 Å². The minimum absolute atomic E-state index is 0.432. The average Bonchev–Trinajstić information content (AvgIpc) is 2.87. The highest BCUT2D eigenvalue weighted by Gasteiger charge is 2.35. The molecule has 1 aliphatic rings. The van der Waals surface area contributed by atoms with Gasteiger partial charge in [-0.2, -0.15) is 0 Å². The molecule has 1 unspecified atom stereocenters. The summed E-state index contributed by atoms with van der Waals surface area (Å²) >= 11 is 0.940. The fraction of sp³-hybridized carbons (Fsp3) is 0.333. The molecule has 0 radical (unpaired) electrons. The lowest BCUT2D eigenvalue weighted by Crippen LogP contribution is -2.42.